The summed E-state index contributed by atoms with van der Waals surface area (Å²) in [7, 11) is 0. The second-order valence-electron chi connectivity index (χ2n) is 5.25. The fourth-order valence-electron chi connectivity index (χ4n) is 2.85. The Morgan fingerprint density at radius 1 is 1.05 bits per heavy atom. The number of hydrogen-bond acceptors (Lipinski definition) is 4. The Balaban J connectivity index is 1.94. The van der Waals surface area contributed by atoms with Crippen LogP contribution in [0.3, 0.4) is 0 Å². The van der Waals surface area contributed by atoms with Gasteiger partial charge in [0, 0.05) is 30.4 Å². The molecular weight excluding hydrogens is 250 g/mol. The van der Waals surface area contributed by atoms with E-state index in [9.17, 15) is 0 Å². The number of hydrogen-bond donors (Lipinski definition) is 1. The minimum Gasteiger partial charge on any atom is -0.309 e. The third kappa shape index (κ3) is 1.63. The van der Waals surface area contributed by atoms with Crippen LogP contribution in [0.15, 0.2) is 24.3 Å². The van der Waals surface area contributed by atoms with Gasteiger partial charge in [-0.05, 0) is 31.0 Å². The second kappa shape index (κ2) is 4.11. The zero-order valence-corrected chi connectivity index (χ0v) is 11.5. The van der Waals surface area contributed by atoms with E-state index in [-0.39, 0.29) is 0 Å². The normalized spacial score (nSPS) is 13.9. The maximum Gasteiger partial charge on any atom is 0.169 e. The lowest BCUT2D eigenvalue weighted by atomic mass is 10.1. The Bertz CT molecular complexity index is 818. The lowest BCUT2D eigenvalue weighted by Gasteiger charge is -2.06. The number of aryl methyl sites for hydroxylation is 2. The molecule has 20 heavy (non-hydrogen) atoms. The van der Waals surface area contributed by atoms with E-state index in [4.69, 9.17) is 0 Å². The fraction of sp³-hybridized carbons (Fsp3) is 0.267. The fourth-order valence-corrected chi connectivity index (χ4v) is 2.85. The van der Waals surface area contributed by atoms with Crippen LogP contribution in [0.5, 0.6) is 0 Å². The molecule has 5 heteroatoms. The van der Waals surface area contributed by atoms with E-state index in [1.807, 2.05) is 24.3 Å². The molecule has 3 aromatic rings. The molecule has 0 bridgehead atoms. The Morgan fingerprint density at radius 2 is 1.90 bits per heavy atom. The average Bonchev–Trinajstić information content (AvgIpc) is 3.03. The van der Waals surface area contributed by atoms with E-state index >= 15 is 0 Å². The van der Waals surface area contributed by atoms with Crippen LogP contribution >= 0.6 is 0 Å². The summed E-state index contributed by atoms with van der Waals surface area (Å²) in [5, 5.41) is 12.0. The summed E-state index contributed by atoms with van der Waals surface area (Å²) in [6.07, 6.45) is 0. The molecular formula is C15H15N5. The molecule has 1 N–H and O–H groups in total. The van der Waals surface area contributed by atoms with Gasteiger partial charge in [-0.25, -0.2) is 4.98 Å². The SMILES string of the molecule is Cc1cc2nnc(-c3ccc4c(c3)CNC4)n2c(C)n1. The second-order valence-corrected chi connectivity index (χ2v) is 5.25. The number of nitrogens with zero attached hydrogens (tertiary/aromatic N) is 4. The summed E-state index contributed by atoms with van der Waals surface area (Å²) in [6, 6.07) is 8.44. The lowest BCUT2D eigenvalue weighted by molar-refractivity contribution is 0.765. The number of rotatable bonds is 1. The molecule has 0 saturated heterocycles. The highest BCUT2D eigenvalue weighted by molar-refractivity contribution is 5.62. The van der Waals surface area contributed by atoms with Gasteiger partial charge in [0.15, 0.2) is 11.5 Å². The van der Waals surface area contributed by atoms with Crippen LogP contribution in [-0.4, -0.2) is 19.6 Å². The van der Waals surface area contributed by atoms with Crippen LogP contribution in [0.1, 0.15) is 22.6 Å². The summed E-state index contributed by atoms with van der Waals surface area (Å²) in [5.41, 5.74) is 5.62. The summed E-state index contributed by atoms with van der Waals surface area (Å²) < 4.78 is 2.01. The molecule has 0 unspecified atom stereocenters. The molecule has 100 valence electrons. The topological polar surface area (TPSA) is 55.1 Å². The van der Waals surface area contributed by atoms with Crippen LogP contribution in [-0.2, 0) is 13.1 Å². The third-order valence-electron chi connectivity index (χ3n) is 3.78. The van der Waals surface area contributed by atoms with Gasteiger partial charge in [0.05, 0.1) is 0 Å². The van der Waals surface area contributed by atoms with Crippen LogP contribution < -0.4 is 5.32 Å². The van der Waals surface area contributed by atoms with E-state index < -0.39 is 0 Å². The van der Waals surface area contributed by atoms with E-state index in [1.165, 1.54) is 11.1 Å². The molecule has 5 nitrogen and oxygen atoms in total. The molecule has 3 heterocycles. The summed E-state index contributed by atoms with van der Waals surface area (Å²) in [5.74, 6) is 1.78. The van der Waals surface area contributed by atoms with Gasteiger partial charge in [0.1, 0.15) is 5.82 Å². The van der Waals surface area contributed by atoms with Gasteiger partial charge >= 0.3 is 0 Å². The maximum absolute atomic E-state index is 4.50. The zero-order valence-electron chi connectivity index (χ0n) is 11.5. The van der Waals surface area contributed by atoms with Crippen LogP contribution in [0, 0.1) is 13.8 Å². The minimum absolute atomic E-state index is 0.851. The molecule has 0 amide bonds. The van der Waals surface area contributed by atoms with Crippen molar-refractivity contribution in [2.75, 3.05) is 0 Å². The van der Waals surface area contributed by atoms with Gasteiger partial charge in [-0.2, -0.15) is 0 Å². The van der Waals surface area contributed by atoms with Crippen LogP contribution in [0.4, 0.5) is 0 Å². The van der Waals surface area contributed by atoms with Gasteiger partial charge in [0.2, 0.25) is 0 Å². The largest absolute Gasteiger partial charge is 0.309 e. The van der Waals surface area contributed by atoms with Crippen molar-refractivity contribution in [3.63, 3.8) is 0 Å². The van der Waals surface area contributed by atoms with E-state index in [2.05, 4.69) is 38.7 Å². The van der Waals surface area contributed by atoms with Crippen molar-refractivity contribution in [1.82, 2.24) is 24.9 Å². The Morgan fingerprint density at radius 3 is 2.80 bits per heavy atom. The van der Waals surface area contributed by atoms with Crippen LogP contribution in [0.2, 0.25) is 0 Å². The summed E-state index contributed by atoms with van der Waals surface area (Å²) >= 11 is 0. The standard InChI is InChI=1S/C15H15N5/c1-9-5-14-18-19-15(20(14)10(2)17-9)11-3-4-12-7-16-8-13(12)6-11/h3-6,16H,7-8H2,1-2H3. The highest BCUT2D eigenvalue weighted by Crippen LogP contribution is 2.25. The molecule has 2 aromatic heterocycles. The van der Waals surface area contributed by atoms with Gasteiger partial charge in [-0.1, -0.05) is 12.1 Å². The van der Waals surface area contributed by atoms with Crippen molar-refractivity contribution in [2.45, 2.75) is 26.9 Å². The first-order chi connectivity index (χ1) is 9.72. The number of benzene rings is 1. The first kappa shape index (κ1) is 11.5. The highest BCUT2D eigenvalue weighted by atomic mass is 15.3. The Kier molecular flexibility index (Phi) is 2.37. The van der Waals surface area contributed by atoms with Crippen molar-refractivity contribution in [3.8, 4) is 11.4 Å². The molecule has 0 aliphatic carbocycles. The first-order valence-electron chi connectivity index (χ1n) is 6.74. The number of aromatic nitrogens is 4. The van der Waals surface area contributed by atoms with E-state index in [0.29, 0.717) is 0 Å². The lowest BCUT2D eigenvalue weighted by Crippen LogP contribution is -2.00. The molecule has 1 aromatic carbocycles. The van der Waals surface area contributed by atoms with Crippen LogP contribution in [0.25, 0.3) is 17.0 Å². The summed E-state index contributed by atoms with van der Waals surface area (Å²) in [4.78, 5) is 4.50. The molecule has 1 aliphatic rings. The Labute approximate surface area is 116 Å². The van der Waals surface area contributed by atoms with E-state index in [1.54, 1.807) is 0 Å². The molecule has 0 fully saturated rings. The molecule has 1 aliphatic heterocycles. The number of fused-ring (bicyclic) bond motifs is 2. The van der Waals surface area contributed by atoms with Crippen molar-refractivity contribution in [3.05, 3.63) is 46.9 Å². The predicted octanol–water partition coefficient (Wildman–Crippen LogP) is 2.01. The van der Waals surface area contributed by atoms with Crippen molar-refractivity contribution in [1.29, 1.82) is 0 Å². The highest BCUT2D eigenvalue weighted by Gasteiger charge is 2.15. The molecule has 0 spiro atoms. The maximum atomic E-state index is 4.50. The Hall–Kier alpha value is -2.27. The molecule has 0 saturated carbocycles. The summed E-state index contributed by atoms with van der Waals surface area (Å²) in [6.45, 7) is 5.84. The van der Waals surface area contributed by atoms with Crippen molar-refractivity contribution < 1.29 is 0 Å². The smallest absolute Gasteiger partial charge is 0.169 e. The minimum atomic E-state index is 0.851. The van der Waals surface area contributed by atoms with Crippen molar-refractivity contribution in [2.24, 2.45) is 0 Å². The van der Waals surface area contributed by atoms with Gasteiger partial charge in [0.25, 0.3) is 0 Å². The molecule has 4 rings (SSSR count). The van der Waals surface area contributed by atoms with Gasteiger partial charge in [-0.15, -0.1) is 10.2 Å². The van der Waals surface area contributed by atoms with E-state index in [0.717, 1.165) is 41.6 Å². The zero-order chi connectivity index (χ0) is 13.7. The monoisotopic (exact) mass is 265 g/mol. The number of nitrogens with one attached hydrogen (secondary N) is 1. The van der Waals surface area contributed by atoms with Gasteiger partial charge < -0.3 is 5.32 Å². The quantitative estimate of drug-likeness (QED) is 0.731. The first-order valence-corrected chi connectivity index (χ1v) is 6.74. The average molecular weight is 265 g/mol. The third-order valence-corrected chi connectivity index (χ3v) is 3.78. The predicted molar refractivity (Wildman–Crippen MR) is 76.2 cm³/mol. The van der Waals surface area contributed by atoms with Crippen molar-refractivity contribution >= 4 is 5.65 Å². The molecule has 0 radical (unpaired) electrons. The van der Waals surface area contributed by atoms with Gasteiger partial charge in [-0.3, -0.25) is 4.40 Å². The molecule has 0 atom stereocenters.